The molecule has 3 aliphatic carbocycles. The number of carbonyl (C=O) groups excluding carboxylic acids is 5. The average Bonchev–Trinajstić information content (AvgIpc) is 3.14. The first-order valence-corrected chi connectivity index (χ1v) is 19.7. The normalized spacial score (nSPS) is 33.8. The SMILES string of the molecule is CC(=O)O[C@@]12CO[C@@H]1C[C@H](O)[C@@]1(C)C(=O)[C@H](O)C3=C(C)[C@@H](OC(=O)[C@H](O)[C@@H](NC(=O)OC(C)(C)C)c4ccccc4)C[C@@](O)([C@@H](CC(=O)c4ccccc4)[C@H]21)C3(C)C. The van der Waals surface area contributed by atoms with E-state index in [0.29, 0.717) is 11.1 Å². The third-order valence-electron chi connectivity index (χ3n) is 13.1. The Kier molecular flexibility index (Phi) is 11.4. The third-order valence-corrected chi connectivity index (χ3v) is 13.1. The van der Waals surface area contributed by atoms with Crippen molar-refractivity contribution in [1.82, 2.24) is 5.32 Å². The molecule has 11 atom stereocenters. The van der Waals surface area contributed by atoms with Crippen molar-refractivity contribution in [3.8, 4) is 0 Å². The molecular weight excluding hydrogens is 750 g/mol. The molecule has 58 heavy (non-hydrogen) atoms. The number of Topliss-reactive ketones (excluding diaryl/α,β-unsaturated/α-hetero) is 2. The lowest BCUT2D eigenvalue weighted by Crippen LogP contribution is -2.80. The molecule has 2 aromatic carbocycles. The maximum absolute atomic E-state index is 15.0. The number of hydrogen-bond donors (Lipinski definition) is 5. The molecule has 4 aliphatic rings. The molecule has 3 fully saturated rings. The Bertz CT molecular complexity index is 1970. The lowest BCUT2D eigenvalue weighted by atomic mass is 9.42. The van der Waals surface area contributed by atoms with E-state index in [1.54, 1.807) is 102 Å². The average molecular weight is 806 g/mol. The van der Waals surface area contributed by atoms with Gasteiger partial charge in [-0.1, -0.05) is 74.5 Å². The number of benzene rings is 2. The number of amides is 1. The molecule has 0 spiro atoms. The van der Waals surface area contributed by atoms with Gasteiger partial charge in [-0.3, -0.25) is 14.4 Å². The zero-order chi connectivity index (χ0) is 42.7. The Hall–Kier alpha value is -4.47. The highest BCUT2D eigenvalue weighted by molar-refractivity contribution is 5.97. The van der Waals surface area contributed by atoms with Gasteiger partial charge in [-0.25, -0.2) is 9.59 Å². The number of hydrogen-bond acceptors (Lipinski definition) is 13. The summed E-state index contributed by atoms with van der Waals surface area (Å²) < 4.78 is 23.4. The first-order valence-electron chi connectivity index (χ1n) is 19.7. The van der Waals surface area contributed by atoms with E-state index < -0.39 is 118 Å². The second-order valence-electron chi connectivity index (χ2n) is 18.0. The van der Waals surface area contributed by atoms with Gasteiger partial charge in [0.2, 0.25) is 0 Å². The molecule has 0 unspecified atom stereocenters. The van der Waals surface area contributed by atoms with E-state index >= 15 is 4.79 Å². The fourth-order valence-corrected chi connectivity index (χ4v) is 10.2. The van der Waals surface area contributed by atoms with E-state index in [4.69, 9.17) is 18.9 Å². The summed E-state index contributed by atoms with van der Waals surface area (Å²) in [4.78, 5) is 69.3. The van der Waals surface area contributed by atoms with E-state index in [9.17, 15) is 39.6 Å². The van der Waals surface area contributed by atoms with Crippen LogP contribution in [-0.4, -0.2) is 104 Å². The smallest absolute Gasteiger partial charge is 0.408 e. The highest BCUT2D eigenvalue weighted by atomic mass is 16.6. The number of esters is 2. The van der Waals surface area contributed by atoms with Crippen molar-refractivity contribution in [3.63, 3.8) is 0 Å². The number of aliphatic hydroxyl groups excluding tert-OH is 3. The second-order valence-corrected chi connectivity index (χ2v) is 18.0. The highest BCUT2D eigenvalue weighted by Gasteiger charge is 2.76. The predicted octanol–water partition coefficient (Wildman–Crippen LogP) is 3.92. The standard InChI is InChI=1S/C44H55NO13/c1-23-29(56-38(52)35(50)33(26-17-13-10-14-18-26)45-39(53)58-40(3,4)5)21-44(54)27(19-28(47)25-15-11-9-12-16-25)36-42(8,37(51)34(49)32(23)41(44,6)7)30(48)20-31-43(36,22-55-31)57-24(2)46/h9-18,27,29-31,33-36,48-50,54H,19-22H2,1-8H3,(H,45,53)/t27-,29-,30-,31+,33-,34+,35+,36-,42+,43-,44+/m0/s1. The largest absolute Gasteiger partial charge is 0.456 e. The molecule has 1 saturated heterocycles. The topological polar surface area (TPSA) is 215 Å². The molecule has 1 amide bonds. The lowest BCUT2D eigenvalue weighted by molar-refractivity contribution is -0.339. The van der Waals surface area contributed by atoms with Crippen molar-refractivity contribution in [2.24, 2.45) is 22.7 Å². The van der Waals surface area contributed by atoms with E-state index in [-0.39, 0.29) is 24.2 Å². The van der Waals surface area contributed by atoms with E-state index in [0.717, 1.165) is 0 Å². The van der Waals surface area contributed by atoms with Crippen molar-refractivity contribution in [2.45, 2.75) is 128 Å². The first kappa shape index (κ1) is 43.1. The molecule has 14 nitrogen and oxygen atoms in total. The minimum atomic E-state index is -2.13. The van der Waals surface area contributed by atoms with Gasteiger partial charge < -0.3 is 44.7 Å². The van der Waals surface area contributed by atoms with Crippen molar-refractivity contribution >= 4 is 29.6 Å². The fourth-order valence-electron chi connectivity index (χ4n) is 10.2. The van der Waals surface area contributed by atoms with Crippen LogP contribution >= 0.6 is 0 Å². The maximum atomic E-state index is 15.0. The third kappa shape index (κ3) is 7.16. The Morgan fingerprint density at radius 1 is 0.983 bits per heavy atom. The minimum Gasteiger partial charge on any atom is -0.456 e. The van der Waals surface area contributed by atoms with Gasteiger partial charge in [0, 0.05) is 49.0 Å². The summed E-state index contributed by atoms with van der Waals surface area (Å²) in [6, 6.07) is 15.2. The van der Waals surface area contributed by atoms with Crippen LogP contribution in [0.4, 0.5) is 4.79 Å². The zero-order valence-corrected chi connectivity index (χ0v) is 34.2. The predicted molar refractivity (Wildman–Crippen MR) is 207 cm³/mol. The molecule has 1 aliphatic heterocycles. The Morgan fingerprint density at radius 3 is 2.14 bits per heavy atom. The van der Waals surface area contributed by atoms with Crippen LogP contribution in [0.5, 0.6) is 0 Å². The highest BCUT2D eigenvalue weighted by Crippen LogP contribution is 2.66. The van der Waals surface area contributed by atoms with Crippen molar-refractivity contribution in [3.05, 3.63) is 82.9 Å². The van der Waals surface area contributed by atoms with Crippen LogP contribution in [0.1, 0.15) is 96.6 Å². The number of alkyl carbamates (subject to hydrolysis) is 1. The van der Waals surface area contributed by atoms with Crippen molar-refractivity contribution in [2.75, 3.05) is 6.61 Å². The summed E-state index contributed by atoms with van der Waals surface area (Å²) >= 11 is 0. The summed E-state index contributed by atoms with van der Waals surface area (Å²) in [5, 5.41) is 51.8. The van der Waals surface area contributed by atoms with Crippen LogP contribution in [-0.2, 0) is 33.3 Å². The molecule has 14 heteroatoms. The molecule has 0 radical (unpaired) electrons. The molecule has 2 bridgehead atoms. The Balaban J connectivity index is 1.49. The molecule has 5 N–H and O–H groups in total. The van der Waals surface area contributed by atoms with Gasteiger partial charge in [0.1, 0.15) is 23.9 Å². The van der Waals surface area contributed by atoms with Gasteiger partial charge >= 0.3 is 18.0 Å². The monoisotopic (exact) mass is 805 g/mol. The molecule has 6 rings (SSSR count). The van der Waals surface area contributed by atoms with Crippen LogP contribution in [0.25, 0.3) is 0 Å². The number of ketones is 2. The number of nitrogens with one attached hydrogen (secondary N) is 1. The van der Waals surface area contributed by atoms with E-state index in [1.807, 2.05) is 0 Å². The molecule has 0 aromatic heterocycles. The zero-order valence-electron chi connectivity index (χ0n) is 34.2. The van der Waals surface area contributed by atoms with Gasteiger partial charge in [-0.05, 0) is 51.3 Å². The summed E-state index contributed by atoms with van der Waals surface area (Å²) in [7, 11) is 0. The van der Waals surface area contributed by atoms with Crippen LogP contribution < -0.4 is 5.32 Å². The summed E-state index contributed by atoms with van der Waals surface area (Å²) in [5.41, 5.74) is -7.15. The van der Waals surface area contributed by atoms with Crippen LogP contribution in [0.3, 0.4) is 0 Å². The number of carbonyl (C=O) groups is 5. The second kappa shape index (κ2) is 15.3. The first-order chi connectivity index (χ1) is 27.0. The summed E-state index contributed by atoms with van der Waals surface area (Å²) in [6.45, 7) is 12.2. The minimum absolute atomic E-state index is 0.0163. The van der Waals surface area contributed by atoms with E-state index in [1.165, 1.54) is 13.8 Å². The number of rotatable bonds is 9. The Labute approximate surface area is 337 Å². The number of fused-ring (bicyclic) bond motifs is 5. The fraction of sp³-hybridized carbons (Fsp3) is 0.568. The molecule has 2 aromatic rings. The van der Waals surface area contributed by atoms with Crippen molar-refractivity contribution in [1.29, 1.82) is 0 Å². The lowest BCUT2D eigenvalue weighted by Gasteiger charge is -2.68. The molecule has 314 valence electrons. The van der Waals surface area contributed by atoms with Crippen LogP contribution in [0.15, 0.2) is 71.8 Å². The number of aliphatic hydroxyl groups is 4. The molecule has 1 heterocycles. The van der Waals surface area contributed by atoms with Crippen LogP contribution in [0, 0.1) is 22.7 Å². The van der Waals surface area contributed by atoms with Gasteiger partial charge in [0.15, 0.2) is 23.3 Å². The van der Waals surface area contributed by atoms with Gasteiger partial charge in [0.25, 0.3) is 0 Å². The molecular formula is C44H55NO13. The molecule has 2 saturated carbocycles. The quantitative estimate of drug-likeness (QED) is 0.105. The van der Waals surface area contributed by atoms with Gasteiger partial charge in [0.05, 0.1) is 29.8 Å². The van der Waals surface area contributed by atoms with Crippen molar-refractivity contribution < 1.29 is 63.3 Å². The van der Waals surface area contributed by atoms with Gasteiger partial charge in [-0.2, -0.15) is 0 Å². The maximum Gasteiger partial charge on any atom is 0.408 e. The Morgan fingerprint density at radius 2 is 1.59 bits per heavy atom. The summed E-state index contributed by atoms with van der Waals surface area (Å²) in [6.07, 6.45) is -9.58. The van der Waals surface area contributed by atoms with E-state index in [2.05, 4.69) is 5.32 Å². The summed E-state index contributed by atoms with van der Waals surface area (Å²) in [5.74, 6) is -5.76. The van der Waals surface area contributed by atoms with Gasteiger partial charge in [-0.15, -0.1) is 0 Å². The number of ether oxygens (including phenoxy) is 4. The van der Waals surface area contributed by atoms with Crippen LogP contribution in [0.2, 0.25) is 0 Å².